The van der Waals surface area contributed by atoms with Gasteiger partial charge in [0.05, 0.1) is 11.0 Å². The first-order valence-corrected chi connectivity index (χ1v) is 13.3. The Balaban J connectivity index is 1.33. The van der Waals surface area contributed by atoms with Gasteiger partial charge < -0.3 is 10.2 Å². The van der Waals surface area contributed by atoms with Gasteiger partial charge in [0.25, 0.3) is 0 Å². The van der Waals surface area contributed by atoms with Crippen molar-refractivity contribution >= 4 is 11.6 Å². The smallest absolute Gasteiger partial charge is 0.144 e. The third-order valence-corrected chi connectivity index (χ3v) is 10.9. The van der Waals surface area contributed by atoms with E-state index >= 15 is 0 Å². The van der Waals surface area contributed by atoms with E-state index in [0.29, 0.717) is 36.3 Å². The second-order valence-corrected chi connectivity index (χ2v) is 12.2. The highest BCUT2D eigenvalue weighted by molar-refractivity contribution is 6.06. The van der Waals surface area contributed by atoms with E-state index < -0.39 is 11.0 Å². The minimum Gasteiger partial charge on any atom is -0.508 e. The highest BCUT2D eigenvalue weighted by Gasteiger charge is 2.62. The van der Waals surface area contributed by atoms with Crippen molar-refractivity contribution in [1.82, 2.24) is 0 Å². The van der Waals surface area contributed by atoms with Crippen molar-refractivity contribution in [3.63, 3.8) is 0 Å². The Hall–Kier alpha value is -2.46. The Morgan fingerprint density at radius 3 is 2.37 bits per heavy atom. The van der Waals surface area contributed by atoms with Gasteiger partial charge in [0.2, 0.25) is 0 Å². The number of carbonyl (C=O) groups is 2. The van der Waals surface area contributed by atoms with Gasteiger partial charge >= 0.3 is 0 Å². The Kier molecular flexibility index (Phi) is 4.94. The summed E-state index contributed by atoms with van der Waals surface area (Å²) in [6.45, 7) is 5.37. The molecular formula is C31H36O4. The summed E-state index contributed by atoms with van der Waals surface area (Å²) >= 11 is 0. The summed E-state index contributed by atoms with van der Waals surface area (Å²) in [7, 11) is 0. The maximum absolute atomic E-state index is 12.5. The van der Waals surface area contributed by atoms with E-state index in [4.69, 9.17) is 0 Å². The predicted octanol–water partition coefficient (Wildman–Crippen LogP) is 5.40. The number of benzene rings is 2. The summed E-state index contributed by atoms with van der Waals surface area (Å²) in [6.07, 6.45) is 6.83. The summed E-state index contributed by atoms with van der Waals surface area (Å²) < 4.78 is 0. The van der Waals surface area contributed by atoms with Crippen LogP contribution in [0.15, 0.2) is 36.4 Å². The van der Waals surface area contributed by atoms with Crippen molar-refractivity contribution in [3.8, 4) is 5.75 Å². The summed E-state index contributed by atoms with van der Waals surface area (Å²) in [5, 5.41) is 22.3. The predicted molar refractivity (Wildman–Crippen MR) is 134 cm³/mol. The standard InChI is InChI=1S/C31H36O4/c1-18(32)30(19(2)33)16-21-4-6-23(14-22(21)17-30)31(35)13-11-28-27-8-5-20-15-24(34)7-9-25(20)26(27)10-12-29(28,31)3/h4,6-7,9,14-15,26-28,34-35H,5,8,10-13,16-17H2,1-3H3/t26-,27-,28+,29+,31?/m1/s1. The second-order valence-electron chi connectivity index (χ2n) is 12.2. The van der Waals surface area contributed by atoms with Crippen LogP contribution in [0.2, 0.25) is 0 Å². The fraction of sp³-hybridized carbons (Fsp3) is 0.548. The SMILES string of the molecule is CC(=O)C1(C(C)=O)Cc2ccc(C3(O)CC[C@H]4[C@@H]5CCc6cc(O)ccc6[C@H]5CC[C@@]43C)cc2C1. The lowest BCUT2D eigenvalue weighted by molar-refractivity contribution is -0.137. The molecule has 2 saturated carbocycles. The lowest BCUT2D eigenvalue weighted by Gasteiger charge is -2.53. The molecule has 4 heteroatoms. The van der Waals surface area contributed by atoms with Gasteiger partial charge in [0.15, 0.2) is 0 Å². The quantitative estimate of drug-likeness (QED) is 0.587. The monoisotopic (exact) mass is 472 g/mol. The number of hydrogen-bond acceptors (Lipinski definition) is 4. The lowest BCUT2D eigenvalue weighted by Crippen LogP contribution is -2.49. The third-order valence-electron chi connectivity index (χ3n) is 10.9. The van der Waals surface area contributed by atoms with Gasteiger partial charge in [-0.3, -0.25) is 9.59 Å². The molecule has 0 aromatic heterocycles. The lowest BCUT2D eigenvalue weighted by atomic mass is 9.52. The Labute approximate surface area is 207 Å². The van der Waals surface area contributed by atoms with Gasteiger partial charge in [-0.25, -0.2) is 0 Å². The van der Waals surface area contributed by atoms with Crippen LogP contribution in [0.3, 0.4) is 0 Å². The number of hydrogen-bond donors (Lipinski definition) is 2. The summed E-state index contributed by atoms with van der Waals surface area (Å²) in [5.41, 5.74) is 3.74. The number of ketones is 2. The summed E-state index contributed by atoms with van der Waals surface area (Å²) in [5.74, 6) is 1.75. The molecule has 0 aliphatic heterocycles. The number of phenols is 1. The van der Waals surface area contributed by atoms with E-state index in [-0.39, 0.29) is 17.0 Å². The number of carbonyl (C=O) groups excluding carboxylic acids is 2. The van der Waals surface area contributed by atoms with Crippen molar-refractivity contribution in [1.29, 1.82) is 0 Å². The number of aryl methyl sites for hydroxylation is 1. The molecule has 2 N–H and O–H groups in total. The summed E-state index contributed by atoms with van der Waals surface area (Å²) in [4.78, 5) is 25.0. The maximum atomic E-state index is 12.5. The Morgan fingerprint density at radius 1 is 0.886 bits per heavy atom. The molecule has 0 radical (unpaired) electrons. The van der Waals surface area contributed by atoms with Gasteiger partial charge in [0, 0.05) is 5.41 Å². The van der Waals surface area contributed by atoms with Crippen molar-refractivity contribution in [2.24, 2.45) is 22.7 Å². The zero-order chi connectivity index (χ0) is 24.8. The summed E-state index contributed by atoms with van der Waals surface area (Å²) in [6, 6.07) is 12.1. The van der Waals surface area contributed by atoms with Crippen LogP contribution in [0.25, 0.3) is 0 Å². The molecule has 0 bridgehead atoms. The molecule has 5 atom stereocenters. The molecule has 0 spiro atoms. The van der Waals surface area contributed by atoms with Crippen LogP contribution >= 0.6 is 0 Å². The zero-order valence-corrected chi connectivity index (χ0v) is 21.1. The number of Topliss-reactive ketones (excluding diaryl/α,β-unsaturated/α-hetero) is 2. The van der Waals surface area contributed by atoms with Crippen molar-refractivity contribution in [2.45, 2.75) is 83.7 Å². The molecule has 0 heterocycles. The number of aromatic hydroxyl groups is 1. The molecule has 184 valence electrons. The fourth-order valence-corrected chi connectivity index (χ4v) is 8.74. The van der Waals surface area contributed by atoms with Crippen LogP contribution < -0.4 is 0 Å². The van der Waals surface area contributed by atoms with Crippen LogP contribution in [0, 0.1) is 22.7 Å². The van der Waals surface area contributed by atoms with Crippen LogP contribution in [0.4, 0.5) is 0 Å². The van der Waals surface area contributed by atoms with E-state index in [1.54, 1.807) is 0 Å². The van der Waals surface area contributed by atoms with Crippen LogP contribution in [-0.4, -0.2) is 21.8 Å². The first-order chi connectivity index (χ1) is 16.6. The van der Waals surface area contributed by atoms with E-state index in [0.717, 1.165) is 55.2 Å². The van der Waals surface area contributed by atoms with E-state index in [1.165, 1.54) is 25.0 Å². The van der Waals surface area contributed by atoms with Gasteiger partial charge in [-0.1, -0.05) is 31.2 Å². The van der Waals surface area contributed by atoms with Gasteiger partial charge in [0.1, 0.15) is 17.3 Å². The molecule has 2 aromatic carbocycles. The first-order valence-electron chi connectivity index (χ1n) is 13.3. The molecule has 4 aliphatic rings. The van der Waals surface area contributed by atoms with Gasteiger partial charge in [-0.15, -0.1) is 0 Å². The molecule has 0 saturated heterocycles. The van der Waals surface area contributed by atoms with E-state index in [1.807, 2.05) is 12.1 Å². The molecule has 6 rings (SSSR count). The minimum atomic E-state index is -0.937. The minimum absolute atomic E-state index is 0.0569. The normalized spacial score (nSPS) is 34.5. The van der Waals surface area contributed by atoms with E-state index in [9.17, 15) is 19.8 Å². The number of phenolic OH excluding ortho intramolecular Hbond substituents is 1. The van der Waals surface area contributed by atoms with Crippen LogP contribution in [0.5, 0.6) is 5.75 Å². The largest absolute Gasteiger partial charge is 0.508 e. The van der Waals surface area contributed by atoms with Crippen molar-refractivity contribution in [3.05, 3.63) is 64.2 Å². The van der Waals surface area contributed by atoms with Gasteiger partial charge in [-0.2, -0.15) is 0 Å². The molecule has 35 heavy (non-hydrogen) atoms. The van der Waals surface area contributed by atoms with E-state index in [2.05, 4.69) is 31.2 Å². The van der Waals surface area contributed by atoms with Crippen molar-refractivity contribution in [2.75, 3.05) is 0 Å². The molecule has 4 nitrogen and oxygen atoms in total. The third kappa shape index (κ3) is 3.02. The second kappa shape index (κ2) is 7.52. The molecular weight excluding hydrogens is 436 g/mol. The van der Waals surface area contributed by atoms with Crippen LogP contribution in [-0.2, 0) is 34.5 Å². The first kappa shape index (κ1) is 23.0. The Morgan fingerprint density at radius 2 is 1.63 bits per heavy atom. The molecule has 2 aromatic rings. The highest BCUT2D eigenvalue weighted by Crippen LogP contribution is 2.67. The molecule has 1 unspecified atom stereocenters. The molecule has 2 fully saturated rings. The zero-order valence-electron chi connectivity index (χ0n) is 21.1. The van der Waals surface area contributed by atoms with Crippen LogP contribution in [0.1, 0.15) is 86.6 Å². The fourth-order valence-electron chi connectivity index (χ4n) is 8.74. The topological polar surface area (TPSA) is 74.6 Å². The Bertz CT molecular complexity index is 1230. The number of fused-ring (bicyclic) bond motifs is 6. The number of rotatable bonds is 3. The highest BCUT2D eigenvalue weighted by atomic mass is 16.3. The molecule has 4 aliphatic carbocycles. The molecule has 0 amide bonds. The number of aliphatic hydroxyl groups is 1. The average Bonchev–Trinajstić information content (AvgIpc) is 3.35. The average molecular weight is 473 g/mol. The van der Waals surface area contributed by atoms with Crippen molar-refractivity contribution < 1.29 is 19.8 Å². The van der Waals surface area contributed by atoms with Gasteiger partial charge in [-0.05, 0) is 123 Å². The maximum Gasteiger partial charge on any atom is 0.144 e.